The lowest BCUT2D eigenvalue weighted by molar-refractivity contribution is 0.263. The summed E-state index contributed by atoms with van der Waals surface area (Å²) in [4.78, 5) is 19.9. The van der Waals surface area contributed by atoms with Gasteiger partial charge >= 0.3 is 0 Å². The van der Waals surface area contributed by atoms with E-state index in [-0.39, 0.29) is 6.17 Å². The van der Waals surface area contributed by atoms with Crippen LogP contribution in [0, 0.1) is 0 Å². The van der Waals surface area contributed by atoms with Crippen molar-refractivity contribution >= 4 is 34.7 Å². The molecule has 32 heavy (non-hydrogen) atoms. The number of thioether (sulfide) groups is 1. The van der Waals surface area contributed by atoms with E-state index in [9.17, 15) is 0 Å². The van der Waals surface area contributed by atoms with Gasteiger partial charge in [-0.15, -0.1) is 11.8 Å². The molecule has 160 valence electrons. The fourth-order valence-corrected chi connectivity index (χ4v) is 4.79. The fourth-order valence-electron chi connectivity index (χ4n) is 4.38. The number of nitrogens with one attached hydrogen (secondary N) is 1. The van der Waals surface area contributed by atoms with Crippen molar-refractivity contribution in [3.05, 3.63) is 84.2 Å². The van der Waals surface area contributed by atoms with Crippen molar-refractivity contribution in [2.75, 3.05) is 24.5 Å². The highest BCUT2D eigenvalue weighted by Crippen LogP contribution is 2.34. The van der Waals surface area contributed by atoms with E-state index in [1.54, 1.807) is 18.0 Å². The topological polar surface area (TPSA) is 61.6 Å². The van der Waals surface area contributed by atoms with Gasteiger partial charge in [-0.05, 0) is 47.7 Å². The number of hydrogen-bond acceptors (Lipinski definition) is 7. The van der Waals surface area contributed by atoms with Crippen molar-refractivity contribution in [3.63, 3.8) is 0 Å². The Hall–Kier alpha value is -3.36. The van der Waals surface area contributed by atoms with Gasteiger partial charge in [-0.3, -0.25) is 19.4 Å². The predicted molar refractivity (Wildman–Crippen MR) is 129 cm³/mol. The number of aliphatic imine (C=N–C) groups is 1. The molecule has 6 rings (SSSR count). The van der Waals surface area contributed by atoms with Crippen molar-refractivity contribution in [1.82, 2.24) is 24.8 Å². The highest BCUT2D eigenvalue weighted by Gasteiger charge is 2.35. The first kappa shape index (κ1) is 19.3. The first-order chi connectivity index (χ1) is 15.8. The molecule has 0 bridgehead atoms. The Morgan fingerprint density at radius 3 is 2.75 bits per heavy atom. The molecule has 0 saturated carbocycles. The van der Waals surface area contributed by atoms with Crippen LogP contribution in [0.2, 0.25) is 0 Å². The quantitative estimate of drug-likeness (QED) is 0.485. The molecule has 1 N–H and O–H groups in total. The van der Waals surface area contributed by atoms with Gasteiger partial charge in [-0.25, -0.2) is 9.98 Å². The van der Waals surface area contributed by atoms with Crippen LogP contribution in [-0.4, -0.2) is 45.0 Å². The van der Waals surface area contributed by atoms with E-state index in [2.05, 4.69) is 79.5 Å². The average Bonchev–Trinajstić information content (AvgIpc) is 3.24. The van der Waals surface area contributed by atoms with E-state index < -0.39 is 0 Å². The standard InChI is InChI=1S/C24H23N7S/c1-32-19-10-8-18(9-11-19)22-28-23-26-15-29(14-17-5-4-12-25-13-17)16-30(23)24-27-20-6-2-3-7-21(20)31(22)24/h2-13,22H,14-16H2,1H3,(H,26,28)/t22-/m1/s1. The number of guanidine groups is 1. The molecule has 0 unspecified atom stereocenters. The van der Waals surface area contributed by atoms with E-state index >= 15 is 0 Å². The minimum Gasteiger partial charge on any atom is -0.331 e. The maximum atomic E-state index is 5.01. The molecular weight excluding hydrogens is 418 g/mol. The summed E-state index contributed by atoms with van der Waals surface area (Å²) in [7, 11) is 0. The molecule has 2 aromatic heterocycles. The average molecular weight is 442 g/mol. The zero-order valence-electron chi connectivity index (χ0n) is 17.7. The van der Waals surface area contributed by atoms with E-state index in [0.717, 1.165) is 29.5 Å². The molecule has 0 amide bonds. The largest absolute Gasteiger partial charge is 0.331 e. The Kier molecular flexibility index (Phi) is 4.81. The van der Waals surface area contributed by atoms with Gasteiger partial charge in [-0.2, -0.15) is 0 Å². The Labute approximate surface area is 190 Å². The number of fused-ring (bicyclic) bond motifs is 5. The van der Waals surface area contributed by atoms with E-state index in [1.165, 1.54) is 16.0 Å². The molecule has 0 fully saturated rings. The maximum absolute atomic E-state index is 5.01. The van der Waals surface area contributed by atoms with E-state index in [0.29, 0.717) is 13.3 Å². The number of aromatic nitrogens is 3. The Bertz CT molecular complexity index is 1280. The Morgan fingerprint density at radius 2 is 1.94 bits per heavy atom. The van der Waals surface area contributed by atoms with Crippen LogP contribution < -0.4 is 10.2 Å². The molecule has 0 spiro atoms. The monoisotopic (exact) mass is 441 g/mol. The second-order valence-electron chi connectivity index (χ2n) is 7.97. The molecule has 0 radical (unpaired) electrons. The highest BCUT2D eigenvalue weighted by atomic mass is 32.2. The summed E-state index contributed by atoms with van der Waals surface area (Å²) in [6, 6.07) is 21.1. The van der Waals surface area contributed by atoms with Gasteiger partial charge in [0.25, 0.3) is 0 Å². The number of benzene rings is 2. The summed E-state index contributed by atoms with van der Waals surface area (Å²) in [5.41, 5.74) is 4.46. The molecule has 2 aliphatic rings. The maximum Gasteiger partial charge on any atom is 0.216 e. The van der Waals surface area contributed by atoms with Gasteiger partial charge in [0.1, 0.15) is 6.17 Å². The van der Waals surface area contributed by atoms with E-state index in [4.69, 9.17) is 9.98 Å². The first-order valence-corrected chi connectivity index (χ1v) is 11.8. The minimum atomic E-state index is -0.0619. The number of anilines is 1. The van der Waals surface area contributed by atoms with Crippen LogP contribution in [0.1, 0.15) is 17.3 Å². The zero-order chi connectivity index (χ0) is 21.5. The van der Waals surface area contributed by atoms with Crippen LogP contribution in [0.5, 0.6) is 0 Å². The van der Waals surface area contributed by atoms with Gasteiger partial charge in [-0.1, -0.05) is 30.3 Å². The lowest BCUT2D eigenvalue weighted by atomic mass is 10.1. The van der Waals surface area contributed by atoms with Crippen LogP contribution in [0.3, 0.4) is 0 Å². The molecule has 1 atom stereocenters. The lowest BCUT2D eigenvalue weighted by Crippen LogP contribution is -2.57. The van der Waals surface area contributed by atoms with Crippen molar-refractivity contribution < 1.29 is 0 Å². The Morgan fingerprint density at radius 1 is 1.06 bits per heavy atom. The van der Waals surface area contributed by atoms with Crippen molar-refractivity contribution in [2.45, 2.75) is 17.6 Å². The summed E-state index contributed by atoms with van der Waals surface area (Å²) in [5.74, 6) is 1.78. The number of nitrogens with zero attached hydrogens (tertiary/aromatic N) is 6. The lowest BCUT2D eigenvalue weighted by Gasteiger charge is -2.41. The third-order valence-electron chi connectivity index (χ3n) is 5.92. The normalized spacial score (nSPS) is 18.1. The molecule has 2 aromatic carbocycles. The summed E-state index contributed by atoms with van der Waals surface area (Å²) in [6.45, 7) is 2.13. The number of imidazole rings is 1. The number of pyridine rings is 1. The van der Waals surface area contributed by atoms with Crippen LogP contribution >= 0.6 is 11.8 Å². The molecule has 0 saturated heterocycles. The van der Waals surface area contributed by atoms with Gasteiger partial charge in [0.05, 0.1) is 24.4 Å². The van der Waals surface area contributed by atoms with Crippen LogP contribution in [-0.2, 0) is 6.54 Å². The van der Waals surface area contributed by atoms with Crippen LogP contribution in [0.4, 0.5) is 5.95 Å². The molecule has 0 aliphatic carbocycles. The summed E-state index contributed by atoms with van der Waals surface area (Å²) in [6.07, 6.45) is 5.75. The Balaban J connectivity index is 1.41. The molecule has 4 heterocycles. The SMILES string of the molecule is CSc1ccc([C@@H]2NC3=NCN(Cc4cccnc4)CN3c3nc4ccccc4n32)cc1. The zero-order valence-corrected chi connectivity index (χ0v) is 18.5. The van der Waals surface area contributed by atoms with Crippen molar-refractivity contribution in [3.8, 4) is 0 Å². The summed E-state index contributed by atoms with van der Waals surface area (Å²) < 4.78 is 2.29. The predicted octanol–water partition coefficient (Wildman–Crippen LogP) is 3.90. The van der Waals surface area contributed by atoms with E-state index in [1.807, 2.05) is 18.3 Å². The number of para-hydroxylation sites is 2. The van der Waals surface area contributed by atoms with Crippen molar-refractivity contribution in [2.24, 2.45) is 4.99 Å². The molecule has 2 aliphatic heterocycles. The smallest absolute Gasteiger partial charge is 0.216 e. The van der Waals surface area contributed by atoms with Gasteiger partial charge < -0.3 is 5.32 Å². The molecule has 4 aromatic rings. The third-order valence-corrected chi connectivity index (χ3v) is 6.66. The van der Waals surface area contributed by atoms with Gasteiger partial charge in [0, 0.05) is 23.8 Å². The second-order valence-corrected chi connectivity index (χ2v) is 8.85. The van der Waals surface area contributed by atoms with Crippen molar-refractivity contribution in [1.29, 1.82) is 0 Å². The van der Waals surface area contributed by atoms with Crippen LogP contribution in [0.15, 0.2) is 82.9 Å². The van der Waals surface area contributed by atoms with Gasteiger partial charge in [0.15, 0.2) is 0 Å². The first-order valence-electron chi connectivity index (χ1n) is 10.6. The second kappa shape index (κ2) is 7.96. The van der Waals surface area contributed by atoms with Crippen LogP contribution in [0.25, 0.3) is 11.0 Å². The summed E-state index contributed by atoms with van der Waals surface area (Å²) in [5, 5.41) is 3.68. The minimum absolute atomic E-state index is 0.0619. The molecule has 7 nitrogen and oxygen atoms in total. The fraction of sp³-hybridized carbons (Fsp3) is 0.208. The number of hydrogen-bond donors (Lipinski definition) is 1. The summed E-state index contributed by atoms with van der Waals surface area (Å²) >= 11 is 1.75. The number of rotatable bonds is 4. The molecule has 8 heteroatoms. The van der Waals surface area contributed by atoms with Gasteiger partial charge in [0.2, 0.25) is 11.9 Å². The molecular formula is C24H23N7S. The third kappa shape index (κ3) is 3.32. The highest BCUT2D eigenvalue weighted by molar-refractivity contribution is 7.98.